The van der Waals surface area contributed by atoms with Crippen LogP contribution in [-0.2, 0) is 0 Å². The molecule has 0 radical (unpaired) electrons. The van der Waals surface area contributed by atoms with E-state index in [0.29, 0.717) is 5.82 Å². The molecule has 3 aromatic heterocycles. The van der Waals surface area contributed by atoms with Crippen molar-refractivity contribution in [3.05, 3.63) is 231 Å². The van der Waals surface area contributed by atoms with Gasteiger partial charge in [-0.2, -0.15) is 0 Å². The summed E-state index contributed by atoms with van der Waals surface area (Å²) in [5.41, 5.74) is 16.0. The summed E-state index contributed by atoms with van der Waals surface area (Å²) >= 11 is 0. The van der Waals surface area contributed by atoms with Gasteiger partial charge in [0, 0.05) is 55.0 Å². The van der Waals surface area contributed by atoms with Gasteiger partial charge >= 0.3 is 0 Å². The Labute approximate surface area is 365 Å². The molecule has 9 aromatic carbocycles. The third kappa shape index (κ3) is 6.44. The van der Waals surface area contributed by atoms with Gasteiger partial charge in [-0.15, -0.1) is 0 Å². The summed E-state index contributed by atoms with van der Waals surface area (Å²) in [5.74, 6) is 0.709. The number of rotatable bonds is 7. The minimum Gasteiger partial charge on any atom is -0.309 e. The molecule has 0 aliphatic heterocycles. The van der Waals surface area contributed by atoms with Crippen molar-refractivity contribution in [3.8, 4) is 73.1 Å². The Balaban J connectivity index is 1.00. The molecule has 3 heterocycles. The van der Waals surface area contributed by atoms with E-state index in [2.05, 4.69) is 199 Å². The molecule has 0 atom stereocenters. The summed E-state index contributed by atoms with van der Waals surface area (Å²) in [5, 5.41) is 5.87. The van der Waals surface area contributed by atoms with Gasteiger partial charge < -0.3 is 4.57 Å². The first kappa shape index (κ1) is 36.4. The molecule has 12 aromatic rings. The number of hydrogen-bond donors (Lipinski definition) is 0. The van der Waals surface area contributed by atoms with Crippen LogP contribution in [0.25, 0.3) is 117 Å². The summed E-state index contributed by atoms with van der Waals surface area (Å²) in [7, 11) is 0. The maximum atomic E-state index is 5.27. The lowest BCUT2D eigenvalue weighted by atomic mass is 9.96. The van der Waals surface area contributed by atoms with Crippen LogP contribution in [0.5, 0.6) is 0 Å². The van der Waals surface area contributed by atoms with Crippen molar-refractivity contribution in [2.75, 3.05) is 0 Å². The quantitative estimate of drug-likeness (QED) is 0.151. The van der Waals surface area contributed by atoms with Crippen LogP contribution >= 0.6 is 0 Å². The zero-order valence-corrected chi connectivity index (χ0v) is 34.2. The SMILES string of the molecule is c1ccc(-c2cc(-c3ccc(-c4cccc(-c5cccc6c7cc8c(-c9ccccc9)nc9ccccc9c8cc7n(-c7ccccc7)c56)c4)cc3)nc(-c3ccccc3)n2)cc1. The first-order valence-electron chi connectivity index (χ1n) is 21.4. The highest BCUT2D eigenvalue weighted by atomic mass is 15.0. The number of benzene rings is 9. The highest BCUT2D eigenvalue weighted by Gasteiger charge is 2.20. The van der Waals surface area contributed by atoms with Gasteiger partial charge in [0.15, 0.2) is 5.82 Å². The van der Waals surface area contributed by atoms with Gasteiger partial charge in [-0.25, -0.2) is 15.0 Å². The lowest BCUT2D eigenvalue weighted by Gasteiger charge is -2.14. The lowest BCUT2D eigenvalue weighted by molar-refractivity contribution is 1.18. The van der Waals surface area contributed by atoms with Crippen LogP contribution in [0.4, 0.5) is 0 Å². The standard InChI is InChI=1S/C59H38N4/c1-5-17-40(18-6-1)54-38-55(62-59(61-54)43-21-9-3-10-22-43)41-33-31-39(32-34-41)44-23-15-24-45(35-44)47-28-16-29-49-51-36-52-50(37-56(51)63(58(47)49)46-25-11-4-12-26-46)48-27-13-14-30-53(48)60-57(52)42-19-7-2-8-20-42/h1-38H. The van der Waals surface area contributed by atoms with Crippen LogP contribution < -0.4 is 0 Å². The molecule has 0 saturated heterocycles. The molecule has 0 saturated carbocycles. The van der Waals surface area contributed by atoms with E-state index in [4.69, 9.17) is 15.0 Å². The van der Waals surface area contributed by atoms with Gasteiger partial charge in [-0.05, 0) is 64.5 Å². The number of aromatic nitrogens is 4. The summed E-state index contributed by atoms with van der Waals surface area (Å²) < 4.78 is 2.45. The largest absolute Gasteiger partial charge is 0.309 e. The van der Waals surface area contributed by atoms with Gasteiger partial charge in [0.2, 0.25) is 0 Å². The lowest BCUT2D eigenvalue weighted by Crippen LogP contribution is -1.96. The zero-order valence-electron chi connectivity index (χ0n) is 34.2. The summed E-state index contributed by atoms with van der Waals surface area (Å²) in [6, 6.07) is 81.6. The van der Waals surface area contributed by atoms with Crippen molar-refractivity contribution >= 4 is 43.5 Å². The molecule has 4 heteroatoms. The maximum absolute atomic E-state index is 5.27. The molecule has 0 aliphatic rings. The smallest absolute Gasteiger partial charge is 0.160 e. The topological polar surface area (TPSA) is 43.6 Å². The average molecular weight is 803 g/mol. The minimum absolute atomic E-state index is 0.709. The number of nitrogens with zero attached hydrogens (tertiary/aromatic N) is 4. The number of para-hydroxylation sites is 3. The second-order valence-corrected chi connectivity index (χ2v) is 16.0. The average Bonchev–Trinajstić information content (AvgIpc) is 3.70. The predicted molar refractivity (Wildman–Crippen MR) is 262 cm³/mol. The fraction of sp³-hybridized carbons (Fsp3) is 0. The Morgan fingerprint density at radius 2 is 0.857 bits per heavy atom. The van der Waals surface area contributed by atoms with Crippen molar-refractivity contribution in [2.45, 2.75) is 0 Å². The normalized spacial score (nSPS) is 11.5. The van der Waals surface area contributed by atoms with Gasteiger partial charge in [-0.1, -0.05) is 188 Å². The van der Waals surface area contributed by atoms with E-state index < -0.39 is 0 Å². The van der Waals surface area contributed by atoms with Crippen molar-refractivity contribution in [3.63, 3.8) is 0 Å². The van der Waals surface area contributed by atoms with Crippen LogP contribution in [0.1, 0.15) is 0 Å². The molecule has 0 N–H and O–H groups in total. The molecule has 12 rings (SSSR count). The Hall–Kier alpha value is -8.47. The fourth-order valence-corrected chi connectivity index (χ4v) is 9.17. The van der Waals surface area contributed by atoms with Gasteiger partial charge in [0.1, 0.15) is 0 Å². The van der Waals surface area contributed by atoms with Crippen LogP contribution in [0.3, 0.4) is 0 Å². The second kappa shape index (κ2) is 15.2. The summed E-state index contributed by atoms with van der Waals surface area (Å²) in [4.78, 5) is 15.3. The van der Waals surface area contributed by atoms with Crippen molar-refractivity contribution in [2.24, 2.45) is 0 Å². The molecule has 294 valence electrons. The van der Waals surface area contributed by atoms with Crippen molar-refractivity contribution < 1.29 is 0 Å². The molecular formula is C59H38N4. The third-order valence-corrected chi connectivity index (χ3v) is 12.2. The predicted octanol–water partition coefficient (Wildman–Crippen LogP) is 15.3. The van der Waals surface area contributed by atoms with Gasteiger partial charge in [0.25, 0.3) is 0 Å². The van der Waals surface area contributed by atoms with Gasteiger partial charge in [-0.3, -0.25) is 0 Å². The zero-order chi connectivity index (χ0) is 41.7. The highest BCUT2D eigenvalue weighted by molar-refractivity contribution is 6.21. The summed E-state index contributed by atoms with van der Waals surface area (Å²) in [6.45, 7) is 0. The molecular weight excluding hydrogens is 765 g/mol. The molecule has 0 spiro atoms. The molecule has 63 heavy (non-hydrogen) atoms. The first-order valence-corrected chi connectivity index (χ1v) is 21.4. The van der Waals surface area contributed by atoms with Crippen LogP contribution in [-0.4, -0.2) is 19.5 Å². The molecule has 0 bridgehead atoms. The summed E-state index contributed by atoms with van der Waals surface area (Å²) in [6.07, 6.45) is 0. The Bertz CT molecular complexity index is 3580. The monoisotopic (exact) mass is 802 g/mol. The third-order valence-electron chi connectivity index (χ3n) is 12.2. The van der Waals surface area contributed by atoms with Crippen LogP contribution in [0, 0.1) is 0 Å². The van der Waals surface area contributed by atoms with Gasteiger partial charge in [0.05, 0.1) is 33.6 Å². The molecule has 0 amide bonds. The van der Waals surface area contributed by atoms with E-state index in [9.17, 15) is 0 Å². The van der Waals surface area contributed by atoms with Crippen molar-refractivity contribution in [1.82, 2.24) is 19.5 Å². The Morgan fingerprint density at radius 1 is 0.302 bits per heavy atom. The molecule has 0 unspecified atom stereocenters. The number of hydrogen-bond acceptors (Lipinski definition) is 3. The van der Waals surface area contributed by atoms with E-state index >= 15 is 0 Å². The Morgan fingerprint density at radius 3 is 1.59 bits per heavy atom. The molecule has 4 nitrogen and oxygen atoms in total. The Kier molecular flexibility index (Phi) is 8.79. The highest BCUT2D eigenvalue weighted by Crippen LogP contribution is 2.43. The van der Waals surface area contributed by atoms with E-state index in [1.807, 2.05) is 36.4 Å². The number of fused-ring (bicyclic) bond motifs is 6. The van der Waals surface area contributed by atoms with E-state index in [1.165, 1.54) is 27.2 Å². The van der Waals surface area contributed by atoms with Crippen LogP contribution in [0.15, 0.2) is 231 Å². The van der Waals surface area contributed by atoms with E-state index in [-0.39, 0.29) is 0 Å². The minimum atomic E-state index is 0.709. The van der Waals surface area contributed by atoms with Crippen LogP contribution in [0.2, 0.25) is 0 Å². The molecule has 0 aliphatic carbocycles. The maximum Gasteiger partial charge on any atom is 0.160 e. The first-order chi connectivity index (χ1) is 31.2. The fourth-order valence-electron chi connectivity index (χ4n) is 9.17. The second-order valence-electron chi connectivity index (χ2n) is 16.0. The van der Waals surface area contributed by atoms with E-state index in [0.717, 1.165) is 83.5 Å². The van der Waals surface area contributed by atoms with Crippen molar-refractivity contribution in [1.29, 1.82) is 0 Å². The van der Waals surface area contributed by atoms with E-state index in [1.54, 1.807) is 0 Å². The molecule has 0 fully saturated rings. The number of pyridine rings is 1.